The molecule has 2 aliphatic carbocycles. The predicted octanol–water partition coefficient (Wildman–Crippen LogP) is 2.40. The highest BCUT2D eigenvalue weighted by molar-refractivity contribution is 5.85. The molecule has 4 N–H and O–H groups in total. The number of aliphatic hydroxyl groups excluding tert-OH is 1. The van der Waals surface area contributed by atoms with Gasteiger partial charge in [-0.05, 0) is 41.5 Å². The van der Waals surface area contributed by atoms with Crippen LogP contribution in [0, 0.1) is 0 Å². The summed E-state index contributed by atoms with van der Waals surface area (Å²) in [5, 5.41) is 23.2. The fourth-order valence-electron chi connectivity index (χ4n) is 4.54. The van der Waals surface area contributed by atoms with E-state index in [4.69, 9.17) is 14.9 Å². The minimum absolute atomic E-state index is 0.0605. The van der Waals surface area contributed by atoms with E-state index in [-0.39, 0.29) is 18.9 Å². The number of aliphatic hydroxyl groups is 1. The Labute approximate surface area is 185 Å². The molecule has 2 aliphatic rings. The van der Waals surface area contributed by atoms with Crippen molar-refractivity contribution in [1.29, 1.82) is 0 Å². The van der Waals surface area contributed by atoms with Crippen molar-refractivity contribution in [3.05, 3.63) is 59.7 Å². The van der Waals surface area contributed by atoms with Crippen molar-refractivity contribution in [2.45, 2.75) is 43.2 Å². The topological polar surface area (TPSA) is 125 Å². The lowest BCUT2D eigenvalue weighted by molar-refractivity contribution is -0.143. The number of alkyl carbamates (subject to hydrolysis) is 1. The summed E-state index contributed by atoms with van der Waals surface area (Å²) in [6.07, 6.45) is 1.37. The fourth-order valence-corrected chi connectivity index (χ4v) is 4.54. The van der Waals surface area contributed by atoms with Crippen LogP contribution in [0.4, 0.5) is 4.79 Å². The van der Waals surface area contributed by atoms with Gasteiger partial charge < -0.3 is 25.6 Å². The van der Waals surface area contributed by atoms with E-state index in [9.17, 15) is 14.4 Å². The van der Waals surface area contributed by atoms with Crippen LogP contribution < -0.4 is 10.6 Å². The highest BCUT2D eigenvalue weighted by Gasteiger charge is 2.41. The van der Waals surface area contributed by atoms with Gasteiger partial charge in [0.25, 0.3) is 0 Å². The van der Waals surface area contributed by atoms with Crippen molar-refractivity contribution >= 4 is 18.0 Å². The standard InChI is InChI=1S/C24H26N2O6/c27-13-20(22(29)30)25-21(28)12-24(10-5-11-24)26-23(31)32-14-19-17-8-3-1-6-15(17)16-7-2-4-9-18(16)19/h1-4,6-9,19-20,27H,5,10-14H2,(H,25,28)(H,26,31)(H,29,30)/t20-/m0/s1. The molecule has 2 amide bonds. The van der Waals surface area contributed by atoms with Crippen LogP contribution in [-0.4, -0.2) is 53.0 Å². The zero-order valence-electron chi connectivity index (χ0n) is 17.5. The molecule has 0 radical (unpaired) electrons. The van der Waals surface area contributed by atoms with Crippen molar-refractivity contribution in [1.82, 2.24) is 10.6 Å². The molecule has 8 nitrogen and oxygen atoms in total. The Kier molecular flexibility index (Phi) is 6.14. The number of carbonyl (C=O) groups excluding carboxylic acids is 2. The van der Waals surface area contributed by atoms with Crippen molar-refractivity contribution in [2.75, 3.05) is 13.2 Å². The van der Waals surface area contributed by atoms with Gasteiger partial charge in [-0.25, -0.2) is 9.59 Å². The molecule has 2 aromatic rings. The minimum atomic E-state index is -1.37. The zero-order valence-corrected chi connectivity index (χ0v) is 17.5. The molecule has 0 heterocycles. The van der Waals surface area contributed by atoms with E-state index in [1.165, 1.54) is 0 Å². The molecule has 0 bridgehead atoms. The number of ether oxygens (including phenoxy) is 1. The second-order valence-corrected chi connectivity index (χ2v) is 8.40. The maximum absolute atomic E-state index is 12.6. The summed E-state index contributed by atoms with van der Waals surface area (Å²) in [4.78, 5) is 35.9. The number of carboxylic acid groups (broad SMARTS) is 1. The van der Waals surface area contributed by atoms with Crippen LogP contribution >= 0.6 is 0 Å². The number of aliphatic carboxylic acids is 1. The summed E-state index contributed by atoms with van der Waals surface area (Å²) >= 11 is 0. The Morgan fingerprint density at radius 1 is 1.03 bits per heavy atom. The largest absolute Gasteiger partial charge is 0.480 e. The van der Waals surface area contributed by atoms with E-state index >= 15 is 0 Å². The molecule has 0 aliphatic heterocycles. The number of benzene rings is 2. The maximum atomic E-state index is 12.6. The van der Waals surface area contributed by atoms with Gasteiger partial charge in [0.15, 0.2) is 0 Å². The predicted molar refractivity (Wildman–Crippen MR) is 116 cm³/mol. The monoisotopic (exact) mass is 438 g/mol. The number of fused-ring (bicyclic) bond motifs is 3. The van der Waals surface area contributed by atoms with Crippen LogP contribution in [0.2, 0.25) is 0 Å². The van der Waals surface area contributed by atoms with E-state index < -0.39 is 36.2 Å². The number of nitrogens with one attached hydrogen (secondary N) is 2. The van der Waals surface area contributed by atoms with Gasteiger partial charge in [0.1, 0.15) is 12.6 Å². The third kappa shape index (κ3) is 4.31. The molecule has 0 spiro atoms. The fraction of sp³-hybridized carbons (Fsp3) is 0.375. The molecule has 1 atom stereocenters. The van der Waals surface area contributed by atoms with Crippen LogP contribution in [0.15, 0.2) is 48.5 Å². The first-order valence-electron chi connectivity index (χ1n) is 10.7. The van der Waals surface area contributed by atoms with Gasteiger partial charge in [-0.3, -0.25) is 4.79 Å². The lowest BCUT2D eigenvalue weighted by Gasteiger charge is -2.41. The maximum Gasteiger partial charge on any atom is 0.407 e. The quantitative estimate of drug-likeness (QED) is 0.502. The van der Waals surface area contributed by atoms with E-state index in [2.05, 4.69) is 22.8 Å². The van der Waals surface area contributed by atoms with Crippen molar-refractivity contribution in [3.63, 3.8) is 0 Å². The lowest BCUT2D eigenvalue weighted by Crippen LogP contribution is -2.57. The molecule has 2 aromatic carbocycles. The first kappa shape index (κ1) is 21.8. The van der Waals surface area contributed by atoms with Gasteiger partial charge in [-0.2, -0.15) is 0 Å². The van der Waals surface area contributed by atoms with Gasteiger partial charge in [-0.15, -0.1) is 0 Å². The second-order valence-electron chi connectivity index (χ2n) is 8.40. The number of hydrogen-bond acceptors (Lipinski definition) is 5. The highest BCUT2D eigenvalue weighted by atomic mass is 16.5. The Balaban J connectivity index is 1.37. The Bertz CT molecular complexity index is 987. The molecule has 1 fully saturated rings. The van der Waals surface area contributed by atoms with Gasteiger partial charge in [0.2, 0.25) is 5.91 Å². The van der Waals surface area contributed by atoms with Crippen molar-refractivity contribution in [2.24, 2.45) is 0 Å². The van der Waals surface area contributed by atoms with Crippen LogP contribution in [0.3, 0.4) is 0 Å². The Morgan fingerprint density at radius 3 is 2.12 bits per heavy atom. The number of hydrogen-bond donors (Lipinski definition) is 4. The number of carboxylic acids is 1. The zero-order chi connectivity index (χ0) is 22.7. The Morgan fingerprint density at radius 2 is 1.62 bits per heavy atom. The molecule has 0 unspecified atom stereocenters. The lowest BCUT2D eigenvalue weighted by atomic mass is 9.74. The number of carbonyl (C=O) groups is 3. The molecule has 4 rings (SSSR count). The van der Waals surface area contributed by atoms with Crippen LogP contribution in [0.25, 0.3) is 11.1 Å². The average Bonchev–Trinajstić information content (AvgIpc) is 3.08. The first-order chi connectivity index (χ1) is 15.4. The van der Waals surface area contributed by atoms with E-state index in [1.54, 1.807) is 0 Å². The van der Waals surface area contributed by atoms with E-state index in [1.807, 2.05) is 36.4 Å². The molecule has 168 valence electrons. The molecular formula is C24H26N2O6. The van der Waals surface area contributed by atoms with Gasteiger partial charge in [0.05, 0.1) is 12.1 Å². The molecule has 0 saturated heterocycles. The van der Waals surface area contributed by atoms with Crippen LogP contribution in [0.1, 0.15) is 42.7 Å². The summed E-state index contributed by atoms with van der Waals surface area (Å²) in [5.41, 5.74) is 3.75. The molecule has 32 heavy (non-hydrogen) atoms. The third-order valence-corrected chi connectivity index (χ3v) is 6.34. The van der Waals surface area contributed by atoms with Gasteiger partial charge in [0, 0.05) is 12.3 Å². The first-order valence-corrected chi connectivity index (χ1v) is 10.7. The van der Waals surface area contributed by atoms with Crippen LogP contribution in [-0.2, 0) is 14.3 Å². The SMILES string of the molecule is O=C(CC1(NC(=O)OCC2c3ccccc3-c3ccccc32)CCC1)N[C@@H](CO)C(=O)O. The minimum Gasteiger partial charge on any atom is -0.480 e. The molecule has 0 aromatic heterocycles. The van der Waals surface area contributed by atoms with Crippen molar-refractivity contribution in [3.8, 4) is 11.1 Å². The van der Waals surface area contributed by atoms with Crippen molar-refractivity contribution < 1.29 is 29.3 Å². The summed E-state index contributed by atoms with van der Waals surface area (Å²) in [5.74, 6) is -1.91. The smallest absolute Gasteiger partial charge is 0.407 e. The second kappa shape index (κ2) is 9.00. The normalized spacial score (nSPS) is 16.8. The van der Waals surface area contributed by atoms with E-state index in [0.717, 1.165) is 28.7 Å². The average molecular weight is 438 g/mol. The molecular weight excluding hydrogens is 412 g/mol. The number of amides is 2. The summed E-state index contributed by atoms with van der Waals surface area (Å²) in [6.45, 7) is -0.526. The van der Waals surface area contributed by atoms with Crippen LogP contribution in [0.5, 0.6) is 0 Å². The third-order valence-electron chi connectivity index (χ3n) is 6.34. The summed E-state index contributed by atoms with van der Waals surface area (Å²) in [7, 11) is 0. The van der Waals surface area contributed by atoms with Gasteiger partial charge >= 0.3 is 12.1 Å². The number of rotatable bonds is 8. The summed E-state index contributed by atoms with van der Waals surface area (Å²) < 4.78 is 5.58. The summed E-state index contributed by atoms with van der Waals surface area (Å²) in [6, 6.07) is 14.8. The van der Waals surface area contributed by atoms with Gasteiger partial charge in [-0.1, -0.05) is 48.5 Å². The molecule has 8 heteroatoms. The molecule has 1 saturated carbocycles. The Hall–Kier alpha value is -3.39. The van der Waals surface area contributed by atoms with E-state index in [0.29, 0.717) is 12.8 Å². The highest BCUT2D eigenvalue weighted by Crippen LogP contribution is 2.44.